The van der Waals surface area contributed by atoms with Crippen LogP contribution < -0.4 is 10.6 Å². The average molecular weight is 347 g/mol. The van der Waals surface area contributed by atoms with E-state index in [-0.39, 0.29) is 17.9 Å². The summed E-state index contributed by atoms with van der Waals surface area (Å²) in [5.74, 6) is 0.709. The van der Waals surface area contributed by atoms with Crippen LogP contribution in [0, 0.1) is 5.92 Å². The molecule has 25 heavy (non-hydrogen) atoms. The molecule has 7 heteroatoms. The van der Waals surface area contributed by atoms with Gasteiger partial charge in [-0.1, -0.05) is 13.8 Å². The Morgan fingerprint density at radius 3 is 2.88 bits per heavy atom. The first-order chi connectivity index (χ1) is 12.0. The number of H-pyrrole nitrogens is 1. The second-order valence-electron chi connectivity index (χ2n) is 7.52. The number of rotatable bonds is 5. The van der Waals surface area contributed by atoms with E-state index in [1.165, 1.54) is 0 Å². The quantitative estimate of drug-likeness (QED) is 0.748. The number of aromatic nitrogens is 2. The standard InChI is InChI=1S/C18H29N5O2/c1-12(2)15-9-16(22-21-15)18(25)23-8-4-5-13(11-23)10-20-17(24)14-6-3-7-19-14/h9,12-14,19H,3-8,10-11H2,1-2H3,(H,20,24)(H,21,22). The van der Waals surface area contributed by atoms with Crippen molar-refractivity contribution in [2.24, 2.45) is 5.92 Å². The molecule has 0 bridgehead atoms. The van der Waals surface area contributed by atoms with Gasteiger partial charge in [0.2, 0.25) is 5.91 Å². The van der Waals surface area contributed by atoms with Crippen LogP contribution in [0.15, 0.2) is 6.07 Å². The molecule has 7 nitrogen and oxygen atoms in total. The zero-order valence-corrected chi connectivity index (χ0v) is 15.2. The number of carbonyl (C=O) groups is 2. The van der Waals surface area contributed by atoms with Crippen LogP contribution >= 0.6 is 0 Å². The number of nitrogens with zero attached hydrogens (tertiary/aromatic N) is 2. The third-order valence-corrected chi connectivity index (χ3v) is 5.19. The molecular weight excluding hydrogens is 318 g/mol. The molecule has 0 aliphatic carbocycles. The minimum absolute atomic E-state index is 0.0170. The number of piperidine rings is 1. The molecule has 2 unspecified atom stereocenters. The summed E-state index contributed by atoms with van der Waals surface area (Å²) < 4.78 is 0. The Balaban J connectivity index is 1.51. The largest absolute Gasteiger partial charge is 0.354 e. The molecule has 2 amide bonds. The Bertz CT molecular complexity index is 606. The third kappa shape index (κ3) is 4.39. The molecule has 0 spiro atoms. The molecule has 2 atom stereocenters. The highest BCUT2D eigenvalue weighted by Crippen LogP contribution is 2.19. The van der Waals surface area contributed by atoms with Crippen LogP contribution in [-0.4, -0.2) is 59.1 Å². The first-order valence-corrected chi connectivity index (χ1v) is 9.40. The molecule has 2 aliphatic heterocycles. The highest BCUT2D eigenvalue weighted by molar-refractivity contribution is 5.92. The summed E-state index contributed by atoms with van der Waals surface area (Å²) in [6.45, 7) is 7.14. The van der Waals surface area contributed by atoms with Crippen molar-refractivity contribution in [1.29, 1.82) is 0 Å². The molecule has 138 valence electrons. The smallest absolute Gasteiger partial charge is 0.274 e. The van der Waals surface area contributed by atoms with Gasteiger partial charge in [0.05, 0.1) is 6.04 Å². The van der Waals surface area contributed by atoms with Gasteiger partial charge in [0.15, 0.2) is 0 Å². The second kappa shape index (κ2) is 7.99. The maximum atomic E-state index is 12.7. The van der Waals surface area contributed by atoms with E-state index in [9.17, 15) is 9.59 Å². The van der Waals surface area contributed by atoms with Crippen molar-refractivity contribution < 1.29 is 9.59 Å². The Labute approximate surface area is 148 Å². The fourth-order valence-electron chi connectivity index (χ4n) is 3.60. The minimum atomic E-state index is -0.0418. The van der Waals surface area contributed by atoms with Crippen molar-refractivity contribution in [1.82, 2.24) is 25.7 Å². The van der Waals surface area contributed by atoms with E-state index in [1.54, 1.807) is 0 Å². The maximum absolute atomic E-state index is 12.7. The van der Waals surface area contributed by atoms with E-state index < -0.39 is 0 Å². The molecule has 0 saturated carbocycles. The van der Waals surface area contributed by atoms with Crippen molar-refractivity contribution in [2.45, 2.75) is 51.5 Å². The lowest BCUT2D eigenvalue weighted by atomic mass is 9.97. The topological polar surface area (TPSA) is 90.1 Å². The number of amides is 2. The Morgan fingerprint density at radius 1 is 1.36 bits per heavy atom. The normalized spacial score (nSPS) is 23.9. The fraction of sp³-hybridized carbons (Fsp3) is 0.722. The summed E-state index contributed by atoms with van der Waals surface area (Å²) in [7, 11) is 0. The first-order valence-electron chi connectivity index (χ1n) is 9.40. The highest BCUT2D eigenvalue weighted by Gasteiger charge is 2.27. The summed E-state index contributed by atoms with van der Waals surface area (Å²) in [5, 5.41) is 13.4. The summed E-state index contributed by atoms with van der Waals surface area (Å²) in [6, 6.07) is 1.81. The van der Waals surface area contributed by atoms with Gasteiger partial charge in [-0.2, -0.15) is 5.10 Å². The van der Waals surface area contributed by atoms with Gasteiger partial charge < -0.3 is 15.5 Å². The molecule has 2 saturated heterocycles. The Morgan fingerprint density at radius 2 is 2.20 bits per heavy atom. The molecule has 3 rings (SSSR count). The third-order valence-electron chi connectivity index (χ3n) is 5.19. The highest BCUT2D eigenvalue weighted by atomic mass is 16.2. The molecule has 2 fully saturated rings. The lowest BCUT2D eigenvalue weighted by molar-refractivity contribution is -0.123. The van der Waals surface area contributed by atoms with Gasteiger partial charge in [-0.3, -0.25) is 14.7 Å². The predicted molar refractivity (Wildman–Crippen MR) is 95.3 cm³/mol. The summed E-state index contributed by atoms with van der Waals surface area (Å²) in [6.07, 6.45) is 3.99. The molecule has 0 aromatic carbocycles. The van der Waals surface area contributed by atoms with Crippen LogP contribution in [0.25, 0.3) is 0 Å². The maximum Gasteiger partial charge on any atom is 0.274 e. The van der Waals surface area contributed by atoms with Crippen LogP contribution in [0.1, 0.15) is 61.6 Å². The minimum Gasteiger partial charge on any atom is -0.354 e. The van der Waals surface area contributed by atoms with Crippen LogP contribution in [-0.2, 0) is 4.79 Å². The first kappa shape index (κ1) is 17.9. The Hall–Kier alpha value is -1.89. The number of hydrogen-bond donors (Lipinski definition) is 3. The average Bonchev–Trinajstić information content (AvgIpc) is 3.30. The van der Waals surface area contributed by atoms with Gasteiger partial charge in [0.1, 0.15) is 5.69 Å². The number of aromatic amines is 1. The van der Waals surface area contributed by atoms with Crippen molar-refractivity contribution >= 4 is 11.8 Å². The fourth-order valence-corrected chi connectivity index (χ4v) is 3.60. The lowest BCUT2D eigenvalue weighted by Gasteiger charge is -2.32. The van der Waals surface area contributed by atoms with Crippen LogP contribution in [0.3, 0.4) is 0 Å². The number of nitrogens with one attached hydrogen (secondary N) is 3. The summed E-state index contributed by atoms with van der Waals surface area (Å²) in [5.41, 5.74) is 1.47. The lowest BCUT2D eigenvalue weighted by Crippen LogP contribution is -2.46. The van der Waals surface area contributed by atoms with Crippen molar-refractivity contribution in [3.8, 4) is 0 Å². The SMILES string of the molecule is CC(C)c1cc(C(=O)N2CCCC(CNC(=O)C3CCCN3)C2)n[nH]1. The molecular formula is C18H29N5O2. The van der Waals surface area contributed by atoms with Crippen LogP contribution in [0.5, 0.6) is 0 Å². The Kier molecular flexibility index (Phi) is 5.73. The summed E-state index contributed by atoms with van der Waals surface area (Å²) >= 11 is 0. The molecule has 3 N–H and O–H groups in total. The number of likely N-dealkylation sites (tertiary alicyclic amines) is 1. The zero-order valence-electron chi connectivity index (χ0n) is 15.2. The van der Waals surface area contributed by atoms with Crippen molar-refractivity contribution in [3.05, 3.63) is 17.5 Å². The van der Waals surface area contributed by atoms with Crippen LogP contribution in [0.2, 0.25) is 0 Å². The van der Waals surface area contributed by atoms with Gasteiger partial charge >= 0.3 is 0 Å². The van der Waals surface area contributed by atoms with Crippen molar-refractivity contribution in [2.75, 3.05) is 26.2 Å². The molecule has 3 heterocycles. The monoisotopic (exact) mass is 347 g/mol. The van der Waals surface area contributed by atoms with Gasteiger partial charge in [0.25, 0.3) is 5.91 Å². The molecule has 2 aliphatic rings. The van der Waals surface area contributed by atoms with E-state index >= 15 is 0 Å². The van der Waals surface area contributed by atoms with Gasteiger partial charge in [-0.15, -0.1) is 0 Å². The van der Waals surface area contributed by atoms with Gasteiger partial charge in [-0.25, -0.2) is 0 Å². The van der Waals surface area contributed by atoms with E-state index in [0.29, 0.717) is 30.6 Å². The van der Waals surface area contributed by atoms with Gasteiger partial charge in [-0.05, 0) is 50.1 Å². The van der Waals surface area contributed by atoms with Crippen LogP contribution in [0.4, 0.5) is 0 Å². The predicted octanol–water partition coefficient (Wildman–Crippen LogP) is 1.25. The molecule has 1 aromatic heterocycles. The van der Waals surface area contributed by atoms with Crippen molar-refractivity contribution in [3.63, 3.8) is 0 Å². The number of carbonyl (C=O) groups excluding carboxylic acids is 2. The molecule has 1 aromatic rings. The number of hydrogen-bond acceptors (Lipinski definition) is 4. The van der Waals surface area contributed by atoms with E-state index in [2.05, 4.69) is 34.7 Å². The molecule has 0 radical (unpaired) electrons. The summed E-state index contributed by atoms with van der Waals surface area (Å²) in [4.78, 5) is 26.7. The zero-order chi connectivity index (χ0) is 17.8. The van der Waals surface area contributed by atoms with E-state index in [4.69, 9.17) is 0 Å². The second-order valence-corrected chi connectivity index (χ2v) is 7.52. The van der Waals surface area contributed by atoms with E-state index in [1.807, 2.05) is 11.0 Å². The van der Waals surface area contributed by atoms with E-state index in [0.717, 1.165) is 44.5 Å². The van der Waals surface area contributed by atoms with Gasteiger partial charge in [0, 0.05) is 25.3 Å².